The molecular formula is C19H30N4O5S2. The summed E-state index contributed by atoms with van der Waals surface area (Å²) in [5, 5.41) is 14.7. The fourth-order valence-corrected chi connectivity index (χ4v) is 7.58. The number of benzene rings is 1. The van der Waals surface area contributed by atoms with Crippen LogP contribution in [0.1, 0.15) is 42.9 Å². The van der Waals surface area contributed by atoms with Gasteiger partial charge in [-0.15, -0.1) is 0 Å². The first-order valence-corrected chi connectivity index (χ1v) is 13.6. The first-order valence-electron chi connectivity index (χ1n) is 10.5. The summed E-state index contributed by atoms with van der Waals surface area (Å²) in [6, 6.07) is 5.63. The zero-order valence-corrected chi connectivity index (χ0v) is 18.5. The van der Waals surface area contributed by atoms with Crippen LogP contribution in [-0.4, -0.2) is 69.1 Å². The number of nitrogens with one attached hydrogen (secondary N) is 1. The molecule has 0 aliphatic carbocycles. The number of sulfonamides is 1. The molecular weight excluding hydrogens is 428 g/mol. The van der Waals surface area contributed by atoms with Crippen LogP contribution in [0, 0.1) is 5.92 Å². The van der Waals surface area contributed by atoms with Gasteiger partial charge >= 0.3 is 0 Å². The Kier molecular flexibility index (Phi) is 6.12. The molecule has 0 unspecified atom stereocenters. The van der Waals surface area contributed by atoms with Gasteiger partial charge in [0.1, 0.15) is 5.75 Å². The van der Waals surface area contributed by atoms with E-state index in [0.717, 1.165) is 44.3 Å². The molecule has 4 N–H and O–H groups in total. The Bertz CT molecular complexity index is 998. The molecule has 168 valence electrons. The monoisotopic (exact) mass is 458 g/mol. The van der Waals surface area contributed by atoms with Crippen molar-refractivity contribution in [2.45, 2.75) is 44.2 Å². The van der Waals surface area contributed by atoms with Gasteiger partial charge in [0, 0.05) is 38.3 Å². The predicted molar refractivity (Wildman–Crippen MR) is 113 cm³/mol. The summed E-state index contributed by atoms with van der Waals surface area (Å²) in [5.41, 5.74) is 2.34. The molecule has 0 radical (unpaired) electrons. The molecule has 3 aliphatic rings. The molecule has 0 aromatic heterocycles. The minimum atomic E-state index is -3.81. The van der Waals surface area contributed by atoms with Crippen molar-refractivity contribution < 1.29 is 21.9 Å². The number of hydrogen-bond donors (Lipinski definition) is 3. The van der Waals surface area contributed by atoms with Crippen LogP contribution in [0.3, 0.4) is 0 Å². The van der Waals surface area contributed by atoms with Crippen molar-refractivity contribution in [3.8, 4) is 5.75 Å². The Balaban J connectivity index is 1.49. The van der Waals surface area contributed by atoms with E-state index in [9.17, 15) is 21.9 Å². The van der Waals surface area contributed by atoms with Gasteiger partial charge in [-0.3, -0.25) is 4.90 Å². The van der Waals surface area contributed by atoms with E-state index >= 15 is 0 Å². The van der Waals surface area contributed by atoms with E-state index in [1.165, 1.54) is 5.56 Å². The van der Waals surface area contributed by atoms with Gasteiger partial charge in [-0.2, -0.15) is 12.7 Å². The lowest BCUT2D eigenvalue weighted by molar-refractivity contribution is 0.0219. The van der Waals surface area contributed by atoms with E-state index in [4.69, 9.17) is 5.14 Å². The molecule has 9 nitrogen and oxygen atoms in total. The number of nitrogens with zero attached hydrogens (tertiary/aromatic N) is 2. The van der Waals surface area contributed by atoms with Crippen LogP contribution in [0.25, 0.3) is 0 Å². The molecule has 0 amide bonds. The van der Waals surface area contributed by atoms with Crippen LogP contribution in [0.2, 0.25) is 0 Å². The van der Waals surface area contributed by atoms with Crippen molar-refractivity contribution >= 4 is 20.2 Å². The maximum Gasteiger partial charge on any atom is 0.274 e. The maximum absolute atomic E-state index is 13.1. The molecule has 0 bridgehead atoms. The fourth-order valence-electron chi connectivity index (χ4n) is 5.33. The Hall–Kier alpha value is -1.24. The van der Waals surface area contributed by atoms with Gasteiger partial charge in [-0.1, -0.05) is 6.07 Å². The van der Waals surface area contributed by atoms with E-state index in [0.29, 0.717) is 12.5 Å². The van der Waals surface area contributed by atoms with Crippen LogP contribution in [-0.2, 0) is 26.7 Å². The van der Waals surface area contributed by atoms with Gasteiger partial charge in [-0.05, 0) is 61.3 Å². The highest BCUT2D eigenvalue weighted by Crippen LogP contribution is 2.44. The Morgan fingerprint density at radius 3 is 2.77 bits per heavy atom. The smallest absolute Gasteiger partial charge is 0.274 e. The molecule has 3 atom stereocenters. The first kappa shape index (κ1) is 22.0. The highest BCUT2D eigenvalue weighted by atomic mass is 32.2. The molecule has 11 heteroatoms. The second kappa shape index (κ2) is 8.36. The van der Waals surface area contributed by atoms with E-state index in [-0.39, 0.29) is 36.6 Å². The number of phenols is 1. The first-order chi connectivity index (χ1) is 14.1. The van der Waals surface area contributed by atoms with Gasteiger partial charge in [0.25, 0.3) is 10.2 Å². The lowest BCUT2D eigenvalue weighted by Gasteiger charge is -2.51. The molecule has 30 heavy (non-hydrogen) atoms. The number of aromatic hydroxyl groups is 1. The third-order valence-electron chi connectivity index (χ3n) is 6.64. The number of nitrogens with two attached hydrogens (primary N) is 1. The molecule has 0 spiro atoms. The highest BCUT2D eigenvalue weighted by molar-refractivity contribution is 7.89. The van der Waals surface area contributed by atoms with Crippen molar-refractivity contribution in [2.75, 3.05) is 31.9 Å². The average Bonchev–Trinajstić information content (AvgIpc) is 2.68. The summed E-state index contributed by atoms with van der Waals surface area (Å²) in [4.78, 5) is 2.46. The lowest BCUT2D eigenvalue weighted by Crippen LogP contribution is -2.57. The average molecular weight is 459 g/mol. The second-order valence-corrected chi connectivity index (χ2v) is 12.0. The van der Waals surface area contributed by atoms with Crippen molar-refractivity contribution in [1.29, 1.82) is 0 Å². The van der Waals surface area contributed by atoms with E-state index in [1.54, 1.807) is 10.4 Å². The van der Waals surface area contributed by atoms with Gasteiger partial charge < -0.3 is 5.11 Å². The topological polar surface area (TPSA) is 133 Å². The summed E-state index contributed by atoms with van der Waals surface area (Å²) in [6.45, 7) is 2.33. The highest BCUT2D eigenvalue weighted by Gasteiger charge is 2.45. The Labute approximate surface area is 178 Å². The summed E-state index contributed by atoms with van der Waals surface area (Å²) in [6.07, 6.45) is 3.70. The van der Waals surface area contributed by atoms with Crippen molar-refractivity contribution in [3.05, 3.63) is 29.3 Å². The largest absolute Gasteiger partial charge is 0.508 e. The van der Waals surface area contributed by atoms with Crippen molar-refractivity contribution in [2.24, 2.45) is 11.1 Å². The lowest BCUT2D eigenvalue weighted by atomic mass is 9.77. The van der Waals surface area contributed by atoms with Gasteiger partial charge in [-0.25, -0.2) is 18.3 Å². The minimum absolute atomic E-state index is 0.00721. The summed E-state index contributed by atoms with van der Waals surface area (Å²) >= 11 is 0. The zero-order valence-electron chi connectivity index (χ0n) is 16.9. The summed E-state index contributed by atoms with van der Waals surface area (Å²) in [5.74, 6) is 0.481. The number of hydrogen-bond acceptors (Lipinski definition) is 6. The van der Waals surface area contributed by atoms with E-state index < -0.39 is 20.2 Å². The second-order valence-electron chi connectivity index (χ2n) is 8.57. The minimum Gasteiger partial charge on any atom is -0.508 e. The Morgan fingerprint density at radius 1 is 1.20 bits per heavy atom. The molecule has 1 aromatic rings. The number of rotatable bonds is 6. The molecule has 0 saturated carbocycles. The molecule has 3 heterocycles. The Morgan fingerprint density at radius 2 is 2.00 bits per heavy atom. The van der Waals surface area contributed by atoms with Crippen molar-refractivity contribution in [3.63, 3.8) is 0 Å². The molecule has 2 saturated heterocycles. The quantitative estimate of drug-likeness (QED) is 0.525. The zero-order chi connectivity index (χ0) is 21.5. The van der Waals surface area contributed by atoms with Gasteiger partial charge in [0.05, 0.1) is 5.75 Å². The van der Waals surface area contributed by atoms with E-state index in [1.807, 2.05) is 12.1 Å². The van der Waals surface area contributed by atoms with Crippen LogP contribution >= 0.6 is 0 Å². The predicted octanol–water partition coefficient (Wildman–Crippen LogP) is 0.289. The number of piperidine rings is 2. The van der Waals surface area contributed by atoms with Crippen LogP contribution in [0.4, 0.5) is 0 Å². The SMILES string of the molecule is NS(=O)(=O)NCCCS(=O)(=O)N1CCC[C@H]2CN3CCc4cc(O)ccc4[C@@H]3C[C@H]21. The molecule has 1 aromatic carbocycles. The van der Waals surface area contributed by atoms with Crippen molar-refractivity contribution in [1.82, 2.24) is 13.9 Å². The standard InChI is InChI=1S/C19H30N4O5S2/c20-30(27,28)21-7-2-10-29(25,26)23-8-1-3-15-13-22-9-6-14-11-16(24)4-5-17(14)19(22)12-18(15)23/h4-5,11,15,18-19,21,24H,1-3,6-10,12-13H2,(H2,20,27,28)/t15-,18+,19-/m0/s1. The third-order valence-corrected chi connectivity index (χ3v) is 9.21. The number of phenolic OH excluding ortho intramolecular Hbond substituents is 1. The van der Waals surface area contributed by atoms with Gasteiger partial charge in [0.2, 0.25) is 10.0 Å². The molecule has 4 rings (SSSR count). The maximum atomic E-state index is 13.1. The van der Waals surface area contributed by atoms with E-state index in [2.05, 4.69) is 9.62 Å². The molecule has 2 fully saturated rings. The van der Waals surface area contributed by atoms with Crippen LogP contribution in [0.5, 0.6) is 5.75 Å². The van der Waals surface area contributed by atoms with Gasteiger partial charge in [0.15, 0.2) is 0 Å². The molecule has 3 aliphatic heterocycles. The normalized spacial score (nSPS) is 27.8. The van der Waals surface area contributed by atoms with Crippen LogP contribution < -0.4 is 9.86 Å². The third kappa shape index (κ3) is 4.66. The number of fused-ring (bicyclic) bond motifs is 4. The summed E-state index contributed by atoms with van der Waals surface area (Å²) < 4.78 is 52.0. The van der Waals surface area contributed by atoms with Crippen LogP contribution in [0.15, 0.2) is 18.2 Å². The summed E-state index contributed by atoms with van der Waals surface area (Å²) in [7, 11) is -7.31. The fraction of sp³-hybridized carbons (Fsp3) is 0.684.